The topological polar surface area (TPSA) is 111 Å². The molecule has 0 saturated carbocycles. The first-order chi connectivity index (χ1) is 23.0. The second kappa shape index (κ2) is 48.2. The quantitative estimate of drug-likeness (QED) is 0.215. The fourth-order valence-electron chi connectivity index (χ4n) is 0. The molecular weight excluding hydrogens is 2040 g/mol. The van der Waals surface area contributed by atoms with Crippen molar-refractivity contribution in [2.24, 2.45) is 32.8 Å². The standard InChI is InChI=1S/9CH3N.6BrH.21ClH.3Nb.6V/c9*1-2;;;;;;;;;;;;;;;;;;;;;;;;;;;;;;;;;;;;/h9*1H3;27*1H;;;;;;;;;/q;;;;;;;;;;;;;;;;;;;;;;;;;;;;;;;;;;;;9*+3/p-27. The summed E-state index contributed by atoms with van der Waals surface area (Å²) >= 11 is 13.8. The summed E-state index contributed by atoms with van der Waals surface area (Å²) in [5.74, 6) is 0. The monoisotopic (exact) mass is 2050 g/mol. The zero-order valence-corrected chi connectivity index (χ0v) is 67.6. The Balaban J connectivity index is -0.0000000603. The number of hydrogen-bond donors (Lipinski definition) is 0. The van der Waals surface area contributed by atoms with Gasteiger partial charge in [-0.15, -0.1) is 0 Å². The molecule has 0 saturated heterocycles. The molecule has 0 unspecified atom stereocenters. The van der Waals surface area contributed by atoms with E-state index in [0.717, 1.165) is 0 Å². The predicted octanol–water partition coefficient (Wildman–Crippen LogP) is 22.7. The van der Waals surface area contributed by atoms with Gasteiger partial charge in [0.2, 0.25) is 0 Å². The summed E-state index contributed by atoms with van der Waals surface area (Å²) in [5.41, 5.74) is 0. The molecule has 0 rings (SSSR count). The first-order valence-electron chi connectivity index (χ1n) is 10.4. The fourth-order valence-corrected chi connectivity index (χ4v) is 0. The molecule has 0 atom stereocenters. The molecule has 0 N–H and O–H groups in total. The van der Waals surface area contributed by atoms with Crippen molar-refractivity contribution in [1.82, 2.24) is 0 Å². The Morgan fingerprint density at radius 1 is 0.315 bits per heavy atom. The maximum absolute atomic E-state index is 5.28. The van der Waals surface area contributed by atoms with Gasteiger partial charge in [0, 0.05) is 0 Å². The molecular formula is C9H27Br6Cl21N9Nb3V6. The van der Waals surface area contributed by atoms with Gasteiger partial charge in [-0.1, -0.05) is 0 Å². The normalized spacial score (nSPS) is 11.3. The van der Waals surface area contributed by atoms with E-state index in [4.69, 9.17) is 203 Å². The molecule has 0 fully saturated rings. The predicted molar refractivity (Wildman–Crippen MR) is 252 cm³/mol. The van der Waals surface area contributed by atoms with E-state index >= 15 is 0 Å². The molecule has 342 valence electrons. The van der Waals surface area contributed by atoms with Crippen molar-refractivity contribution >= 4 is 283 Å². The molecule has 0 aromatic rings. The van der Waals surface area contributed by atoms with Gasteiger partial charge in [-0.3, -0.25) is 0 Å². The van der Waals surface area contributed by atoms with Crippen LogP contribution in [-0.4, -0.2) is 63.4 Å². The summed E-state index contributed by atoms with van der Waals surface area (Å²) in [6, 6.07) is 0. The Morgan fingerprint density at radius 2 is 0.389 bits per heavy atom. The average Bonchev–Trinajstić information content (AvgIpc) is 2.96. The van der Waals surface area contributed by atoms with Gasteiger partial charge in [0.1, 0.15) is 0 Å². The second-order valence-electron chi connectivity index (χ2n) is 5.57. The van der Waals surface area contributed by atoms with Gasteiger partial charge in [-0.2, -0.15) is 0 Å². The van der Waals surface area contributed by atoms with Crippen LogP contribution in [0.15, 0.2) is 32.8 Å². The third-order valence-corrected chi connectivity index (χ3v) is 33.9. The minimum absolute atomic E-state index is 1.51. The van der Waals surface area contributed by atoms with E-state index in [-0.39, 0.29) is 0 Å². The van der Waals surface area contributed by atoms with Gasteiger partial charge >= 0.3 is 480 Å². The number of halogens is 27. The SMILES string of the molecule is C[N]=[Nb]([Br])([Br])[Br].C[N]=[Nb]([Cl])([Cl])[Cl].C[N]=[Nb]([Cl])([Cl])[Cl].C[N]=[V]([Br])([Br])[Br].C[N]=[V]([Cl])([Cl])[Cl].C[N]=[V]([Cl])([Cl])[Cl].C[N]=[V]([Cl])([Cl])[Cl].C[N]=[V]([Cl])([Cl])[Cl].C[N]=[V]([Cl])([Cl])[Cl]. The van der Waals surface area contributed by atoms with Crippen molar-refractivity contribution in [2.75, 3.05) is 63.4 Å². The summed E-state index contributed by atoms with van der Waals surface area (Å²) in [6.45, 7) is 0. The van der Waals surface area contributed by atoms with Crippen LogP contribution in [0.5, 0.6) is 0 Å². The van der Waals surface area contributed by atoms with Crippen LogP contribution in [0.4, 0.5) is 0 Å². The summed E-state index contributed by atoms with van der Waals surface area (Å²) in [7, 11) is 106. The van der Waals surface area contributed by atoms with Crippen molar-refractivity contribution < 1.29 is 101 Å². The van der Waals surface area contributed by atoms with Crippen molar-refractivity contribution in [2.45, 2.75) is 0 Å². The van der Waals surface area contributed by atoms with Crippen molar-refractivity contribution in [3.05, 3.63) is 0 Å². The molecule has 0 aromatic carbocycles. The van der Waals surface area contributed by atoms with E-state index in [1.165, 1.54) is 49.3 Å². The van der Waals surface area contributed by atoms with Crippen LogP contribution >= 0.6 is 283 Å². The van der Waals surface area contributed by atoms with E-state index in [1.54, 1.807) is 14.1 Å². The maximum atomic E-state index is 5.28. The average molecular weight is 2070 g/mol. The van der Waals surface area contributed by atoms with Crippen LogP contribution in [0.3, 0.4) is 0 Å². The molecule has 0 amide bonds. The second-order valence-corrected chi connectivity index (χ2v) is 150. The van der Waals surface area contributed by atoms with Crippen LogP contribution in [-0.2, 0) is 101 Å². The zero-order valence-electron chi connectivity index (χ0n) is 27.3. The van der Waals surface area contributed by atoms with Crippen molar-refractivity contribution in [3.8, 4) is 0 Å². The van der Waals surface area contributed by atoms with Gasteiger partial charge < -0.3 is 0 Å². The third kappa shape index (κ3) is 166. The molecule has 0 radical (unpaired) electrons. The van der Waals surface area contributed by atoms with E-state index < -0.39 is 101 Å². The number of hydrogen-bond acceptors (Lipinski definition) is 9. The summed E-state index contributed by atoms with van der Waals surface area (Å²) in [5, 5.41) is 0. The Morgan fingerprint density at radius 3 is 0.389 bits per heavy atom. The first kappa shape index (κ1) is 86.7. The summed E-state index contributed by atoms with van der Waals surface area (Å²) < 4.78 is 32.4. The van der Waals surface area contributed by atoms with Gasteiger partial charge in [-0.25, -0.2) is 0 Å². The molecule has 0 aliphatic heterocycles. The molecule has 9 nitrogen and oxygen atoms in total. The van der Waals surface area contributed by atoms with Crippen LogP contribution in [0, 0.1) is 0 Å². The molecule has 0 aliphatic carbocycles. The molecule has 0 aliphatic rings. The van der Waals surface area contributed by atoms with E-state index in [1.807, 2.05) is 0 Å². The van der Waals surface area contributed by atoms with E-state index in [9.17, 15) is 0 Å². The fraction of sp³-hybridized carbons (Fsp3) is 1.00. The Kier molecular flexibility index (Phi) is 77.3. The summed E-state index contributed by atoms with van der Waals surface area (Å²) in [6.07, 6.45) is 0. The molecule has 45 heteroatoms. The molecule has 54 heavy (non-hydrogen) atoms. The minimum atomic E-state index is -3.11. The Hall–Kier alpha value is 12.9. The Bertz CT molecular complexity index is 1040. The zero-order chi connectivity index (χ0) is 46.9. The molecule has 0 bridgehead atoms. The number of rotatable bonds is 0. The van der Waals surface area contributed by atoms with Crippen molar-refractivity contribution in [1.29, 1.82) is 0 Å². The van der Waals surface area contributed by atoms with Crippen LogP contribution < -0.4 is 0 Å². The van der Waals surface area contributed by atoms with Crippen LogP contribution in [0.1, 0.15) is 0 Å². The molecule has 0 heterocycles. The van der Waals surface area contributed by atoms with Gasteiger partial charge in [0.25, 0.3) is 0 Å². The first-order valence-corrected chi connectivity index (χ1v) is 88.3. The van der Waals surface area contributed by atoms with Gasteiger partial charge in [-0.05, 0) is 0 Å². The Labute approximate surface area is 468 Å². The van der Waals surface area contributed by atoms with Crippen LogP contribution in [0.2, 0.25) is 0 Å². The van der Waals surface area contributed by atoms with Crippen molar-refractivity contribution in [3.63, 3.8) is 0 Å². The molecule has 0 aromatic heterocycles. The molecule has 0 spiro atoms. The van der Waals surface area contributed by atoms with E-state index in [2.05, 4.69) is 113 Å². The number of nitrogens with zero attached hydrogens (tertiary/aromatic N) is 9. The van der Waals surface area contributed by atoms with E-state index in [0.29, 0.717) is 0 Å². The summed E-state index contributed by atoms with van der Waals surface area (Å²) in [4.78, 5) is 0. The van der Waals surface area contributed by atoms with Gasteiger partial charge in [0.15, 0.2) is 0 Å². The van der Waals surface area contributed by atoms with Gasteiger partial charge in [0.05, 0.1) is 0 Å². The third-order valence-electron chi connectivity index (χ3n) is 2.04. The van der Waals surface area contributed by atoms with Crippen LogP contribution in [0.25, 0.3) is 0 Å².